The second-order valence-corrected chi connectivity index (χ2v) is 3.00. The Morgan fingerprint density at radius 1 is 1.43 bits per heavy atom. The third-order valence-electron chi connectivity index (χ3n) is 1.75. The monoisotopic (exact) mass is 191 g/mol. The second-order valence-electron chi connectivity index (χ2n) is 3.00. The van der Waals surface area contributed by atoms with Crippen LogP contribution in [0.4, 0.5) is 0 Å². The number of carboxylic acids is 1. The number of allylic oxidation sites excluding steroid dienone is 1. The molecule has 0 spiro atoms. The van der Waals surface area contributed by atoms with Gasteiger partial charge in [-0.3, -0.25) is 0 Å². The summed E-state index contributed by atoms with van der Waals surface area (Å²) in [6.07, 6.45) is 1.16. The molecule has 0 aliphatic heterocycles. The Morgan fingerprint density at radius 3 is 2.64 bits per heavy atom. The number of rotatable bonds is 4. The highest BCUT2D eigenvalue weighted by Crippen LogP contribution is 1.98. The molecule has 0 radical (unpaired) electrons. The number of benzene rings is 1. The quantitative estimate of drug-likeness (QED) is 0.713. The van der Waals surface area contributed by atoms with Crippen molar-refractivity contribution in [2.75, 3.05) is 0 Å². The first-order valence-corrected chi connectivity index (χ1v) is 4.37. The lowest BCUT2D eigenvalue weighted by molar-refractivity contribution is -0.131. The van der Waals surface area contributed by atoms with Crippen LogP contribution in [0.2, 0.25) is 0 Å². The molecule has 3 nitrogen and oxygen atoms in total. The van der Waals surface area contributed by atoms with Gasteiger partial charge in [-0.25, -0.2) is 4.79 Å². The molecule has 74 valence electrons. The molecule has 0 saturated carbocycles. The minimum atomic E-state index is -0.928. The average molecular weight is 191 g/mol. The topological polar surface area (TPSA) is 49.3 Å². The molecule has 3 heteroatoms. The summed E-state index contributed by atoms with van der Waals surface area (Å²) in [6.45, 7) is 2.38. The van der Waals surface area contributed by atoms with Gasteiger partial charge in [0.25, 0.3) is 0 Å². The molecule has 1 rings (SSSR count). The van der Waals surface area contributed by atoms with Crippen LogP contribution in [0.3, 0.4) is 0 Å². The highest BCUT2D eigenvalue weighted by Gasteiger charge is 1.94. The van der Waals surface area contributed by atoms with Crippen LogP contribution in [-0.4, -0.2) is 11.1 Å². The van der Waals surface area contributed by atoms with Gasteiger partial charge in [-0.15, -0.1) is 0 Å². The zero-order valence-corrected chi connectivity index (χ0v) is 8.03. The van der Waals surface area contributed by atoms with E-state index in [9.17, 15) is 4.79 Å². The Balaban J connectivity index is 2.45. The molecule has 1 aromatic rings. The van der Waals surface area contributed by atoms with Crippen molar-refractivity contribution in [3.8, 4) is 0 Å². The van der Waals surface area contributed by atoms with Crippen molar-refractivity contribution in [2.24, 2.45) is 0 Å². The van der Waals surface area contributed by atoms with E-state index in [1.54, 1.807) is 6.92 Å². The van der Waals surface area contributed by atoms with Crippen molar-refractivity contribution in [1.29, 1.82) is 0 Å². The van der Waals surface area contributed by atoms with E-state index in [0.29, 0.717) is 12.2 Å². The molecule has 0 heterocycles. The normalized spacial score (nSPS) is 11.1. The van der Waals surface area contributed by atoms with E-state index in [1.807, 2.05) is 30.3 Å². The molecule has 0 aliphatic rings. The Labute approximate surface area is 83.1 Å². The third kappa shape index (κ3) is 3.76. The van der Waals surface area contributed by atoms with E-state index < -0.39 is 5.97 Å². The van der Waals surface area contributed by atoms with Gasteiger partial charge in [0.05, 0.1) is 0 Å². The van der Waals surface area contributed by atoms with Crippen molar-refractivity contribution in [1.82, 2.24) is 5.32 Å². The van der Waals surface area contributed by atoms with E-state index >= 15 is 0 Å². The first kappa shape index (κ1) is 10.3. The van der Waals surface area contributed by atoms with Gasteiger partial charge >= 0.3 is 5.97 Å². The van der Waals surface area contributed by atoms with Crippen LogP contribution in [0.1, 0.15) is 12.5 Å². The number of hydrogen-bond acceptors (Lipinski definition) is 2. The average Bonchev–Trinajstić information content (AvgIpc) is 2.15. The molecule has 0 atom stereocenters. The first-order valence-electron chi connectivity index (χ1n) is 4.37. The highest BCUT2D eigenvalue weighted by molar-refractivity contribution is 5.80. The molecule has 0 saturated heterocycles. The Kier molecular flexibility index (Phi) is 3.73. The summed E-state index contributed by atoms with van der Waals surface area (Å²) in [5, 5.41) is 11.5. The Morgan fingerprint density at radius 2 is 2.07 bits per heavy atom. The van der Waals surface area contributed by atoms with Crippen LogP contribution in [0, 0.1) is 0 Å². The Hall–Kier alpha value is -1.77. The highest BCUT2D eigenvalue weighted by atomic mass is 16.4. The molecule has 14 heavy (non-hydrogen) atoms. The summed E-state index contributed by atoms with van der Waals surface area (Å²) in [4.78, 5) is 10.3. The van der Waals surface area contributed by atoms with Gasteiger partial charge in [0.1, 0.15) is 0 Å². The molecule has 0 aliphatic carbocycles. The molecule has 0 unspecified atom stereocenters. The fraction of sp³-hybridized carbons (Fsp3) is 0.182. The summed E-state index contributed by atoms with van der Waals surface area (Å²) >= 11 is 0. The van der Waals surface area contributed by atoms with Crippen LogP contribution in [0.15, 0.2) is 42.1 Å². The lowest BCUT2D eigenvalue weighted by Gasteiger charge is -2.05. The summed E-state index contributed by atoms with van der Waals surface area (Å²) in [6, 6.07) is 9.83. The maximum atomic E-state index is 10.3. The predicted octanol–water partition coefficient (Wildman–Crippen LogP) is 1.76. The fourth-order valence-corrected chi connectivity index (χ4v) is 1.07. The van der Waals surface area contributed by atoms with Crippen LogP contribution < -0.4 is 5.32 Å². The van der Waals surface area contributed by atoms with E-state index in [4.69, 9.17) is 5.11 Å². The van der Waals surface area contributed by atoms with Crippen molar-refractivity contribution in [3.63, 3.8) is 0 Å². The van der Waals surface area contributed by atoms with E-state index in [0.717, 1.165) is 11.6 Å². The smallest absolute Gasteiger partial charge is 0.330 e. The van der Waals surface area contributed by atoms with Gasteiger partial charge in [-0.1, -0.05) is 30.3 Å². The number of carbonyl (C=O) groups is 1. The Bertz CT molecular complexity index is 330. The first-order chi connectivity index (χ1) is 6.68. The van der Waals surface area contributed by atoms with Crippen LogP contribution in [0.25, 0.3) is 0 Å². The largest absolute Gasteiger partial charge is 0.478 e. The van der Waals surface area contributed by atoms with Gasteiger partial charge in [0.2, 0.25) is 0 Å². The molecule has 0 bridgehead atoms. The SMILES string of the molecule is C/C(=C/C(=O)O)NCc1ccccc1. The van der Waals surface area contributed by atoms with Crippen LogP contribution in [-0.2, 0) is 11.3 Å². The van der Waals surface area contributed by atoms with Crippen LogP contribution >= 0.6 is 0 Å². The van der Waals surface area contributed by atoms with E-state index in [-0.39, 0.29) is 0 Å². The van der Waals surface area contributed by atoms with Crippen molar-refractivity contribution in [2.45, 2.75) is 13.5 Å². The lowest BCUT2D eigenvalue weighted by atomic mass is 10.2. The van der Waals surface area contributed by atoms with E-state index in [2.05, 4.69) is 5.32 Å². The molecule has 0 amide bonds. The maximum Gasteiger partial charge on any atom is 0.330 e. The van der Waals surface area contributed by atoms with Gasteiger partial charge in [-0.05, 0) is 12.5 Å². The molecule has 0 aromatic heterocycles. The van der Waals surface area contributed by atoms with E-state index in [1.165, 1.54) is 0 Å². The third-order valence-corrected chi connectivity index (χ3v) is 1.75. The summed E-state index contributed by atoms with van der Waals surface area (Å²) in [7, 11) is 0. The summed E-state index contributed by atoms with van der Waals surface area (Å²) in [5.74, 6) is -0.928. The molecular formula is C11H13NO2. The number of hydrogen-bond donors (Lipinski definition) is 2. The van der Waals surface area contributed by atoms with Crippen molar-refractivity contribution < 1.29 is 9.90 Å². The summed E-state index contributed by atoms with van der Waals surface area (Å²) in [5.41, 5.74) is 1.78. The lowest BCUT2D eigenvalue weighted by Crippen LogP contribution is -2.11. The maximum absolute atomic E-state index is 10.3. The van der Waals surface area contributed by atoms with Gasteiger partial charge in [0, 0.05) is 18.3 Å². The molecule has 1 aromatic carbocycles. The molecule has 0 fully saturated rings. The minimum Gasteiger partial charge on any atom is -0.478 e. The zero-order chi connectivity index (χ0) is 10.4. The minimum absolute atomic E-state index is 0.649. The zero-order valence-electron chi connectivity index (χ0n) is 8.03. The molecular weight excluding hydrogens is 178 g/mol. The fourth-order valence-electron chi connectivity index (χ4n) is 1.07. The number of aliphatic carboxylic acids is 1. The predicted molar refractivity (Wildman–Crippen MR) is 54.7 cm³/mol. The van der Waals surface area contributed by atoms with Gasteiger partial charge < -0.3 is 10.4 Å². The summed E-state index contributed by atoms with van der Waals surface area (Å²) < 4.78 is 0. The standard InChI is InChI=1S/C11H13NO2/c1-9(7-11(13)14)12-8-10-5-3-2-4-6-10/h2-7,12H,8H2,1H3,(H,13,14)/b9-7-. The number of carboxylic acid groups (broad SMARTS) is 1. The van der Waals surface area contributed by atoms with Gasteiger partial charge in [-0.2, -0.15) is 0 Å². The molecule has 2 N–H and O–H groups in total. The van der Waals surface area contributed by atoms with Crippen LogP contribution in [0.5, 0.6) is 0 Å². The van der Waals surface area contributed by atoms with Crippen molar-refractivity contribution in [3.05, 3.63) is 47.7 Å². The number of nitrogens with one attached hydrogen (secondary N) is 1. The van der Waals surface area contributed by atoms with Gasteiger partial charge in [0.15, 0.2) is 0 Å². The van der Waals surface area contributed by atoms with Crippen molar-refractivity contribution >= 4 is 5.97 Å². The second kappa shape index (κ2) is 5.07.